The van der Waals surface area contributed by atoms with Gasteiger partial charge < -0.3 is 10.0 Å². The maximum Gasteiger partial charge on any atom is 0.338 e. The number of hydrogen-bond acceptors (Lipinski definition) is 3. The van der Waals surface area contributed by atoms with E-state index in [0.717, 1.165) is 12.1 Å². The first-order valence-corrected chi connectivity index (χ1v) is 5.87. The second-order valence-electron chi connectivity index (χ2n) is 4.46. The van der Waals surface area contributed by atoms with Crippen LogP contribution in [0.25, 0.3) is 10.4 Å². The minimum Gasteiger partial charge on any atom is -0.478 e. The van der Waals surface area contributed by atoms with E-state index in [2.05, 4.69) is 10.0 Å². The molecule has 7 nitrogen and oxygen atoms in total. The lowest BCUT2D eigenvalue weighted by Gasteiger charge is -2.16. The van der Waals surface area contributed by atoms with Gasteiger partial charge in [0.1, 0.15) is 5.82 Å². The SMILES string of the molecule is [N-]=[N+]=NCC1CC(=O)N(c2ccc(C(=O)O)c(F)c2)C1. The van der Waals surface area contributed by atoms with Gasteiger partial charge in [0.2, 0.25) is 5.91 Å². The van der Waals surface area contributed by atoms with Gasteiger partial charge in [0.15, 0.2) is 0 Å². The highest BCUT2D eigenvalue weighted by molar-refractivity contribution is 5.96. The summed E-state index contributed by atoms with van der Waals surface area (Å²) in [6.45, 7) is 0.526. The van der Waals surface area contributed by atoms with Crippen molar-refractivity contribution in [3.05, 3.63) is 40.0 Å². The average molecular weight is 278 g/mol. The normalized spacial score (nSPS) is 17.9. The van der Waals surface area contributed by atoms with E-state index in [0.29, 0.717) is 12.2 Å². The van der Waals surface area contributed by atoms with Crippen molar-refractivity contribution in [2.45, 2.75) is 6.42 Å². The number of aromatic carboxylic acids is 1. The van der Waals surface area contributed by atoms with Crippen LogP contribution in [0.2, 0.25) is 0 Å². The molecule has 20 heavy (non-hydrogen) atoms. The van der Waals surface area contributed by atoms with Crippen molar-refractivity contribution in [2.24, 2.45) is 11.0 Å². The van der Waals surface area contributed by atoms with Crippen molar-refractivity contribution in [1.82, 2.24) is 0 Å². The summed E-state index contributed by atoms with van der Waals surface area (Å²) in [5, 5.41) is 12.2. The fourth-order valence-electron chi connectivity index (χ4n) is 2.15. The molecule has 0 saturated carbocycles. The Labute approximate surface area is 113 Å². The molecule has 1 fully saturated rings. The molecule has 1 atom stereocenters. The van der Waals surface area contributed by atoms with Crippen LogP contribution in [0.15, 0.2) is 23.3 Å². The Morgan fingerprint density at radius 1 is 1.60 bits per heavy atom. The zero-order chi connectivity index (χ0) is 14.7. The number of carbonyl (C=O) groups excluding carboxylic acids is 1. The van der Waals surface area contributed by atoms with Crippen LogP contribution in [-0.4, -0.2) is 30.1 Å². The van der Waals surface area contributed by atoms with E-state index in [9.17, 15) is 14.0 Å². The molecule has 1 aliphatic rings. The van der Waals surface area contributed by atoms with Gasteiger partial charge in [0.25, 0.3) is 0 Å². The maximum atomic E-state index is 13.6. The van der Waals surface area contributed by atoms with Crippen molar-refractivity contribution in [3.8, 4) is 0 Å². The van der Waals surface area contributed by atoms with E-state index >= 15 is 0 Å². The molecule has 1 aliphatic heterocycles. The Morgan fingerprint density at radius 3 is 2.95 bits per heavy atom. The smallest absolute Gasteiger partial charge is 0.338 e. The van der Waals surface area contributed by atoms with Crippen molar-refractivity contribution in [1.29, 1.82) is 0 Å². The minimum atomic E-state index is -1.36. The van der Waals surface area contributed by atoms with E-state index in [1.54, 1.807) is 0 Å². The first-order chi connectivity index (χ1) is 9.52. The number of carbonyl (C=O) groups is 2. The van der Waals surface area contributed by atoms with Crippen LogP contribution in [0.3, 0.4) is 0 Å². The van der Waals surface area contributed by atoms with E-state index in [1.807, 2.05) is 0 Å². The molecular weight excluding hydrogens is 267 g/mol. The number of anilines is 1. The number of nitrogens with zero attached hydrogens (tertiary/aromatic N) is 4. The van der Waals surface area contributed by atoms with E-state index in [-0.39, 0.29) is 24.8 Å². The molecule has 0 bridgehead atoms. The molecule has 1 unspecified atom stereocenters. The Kier molecular flexibility index (Phi) is 3.86. The van der Waals surface area contributed by atoms with Crippen LogP contribution < -0.4 is 4.90 Å². The highest BCUT2D eigenvalue weighted by Gasteiger charge is 2.30. The quantitative estimate of drug-likeness (QED) is 0.518. The van der Waals surface area contributed by atoms with Gasteiger partial charge in [-0.05, 0) is 29.6 Å². The third kappa shape index (κ3) is 2.70. The lowest BCUT2D eigenvalue weighted by molar-refractivity contribution is -0.117. The number of carboxylic acids is 1. The molecule has 1 aromatic carbocycles. The van der Waals surface area contributed by atoms with Crippen LogP contribution in [-0.2, 0) is 4.79 Å². The molecule has 0 aromatic heterocycles. The number of carboxylic acid groups (broad SMARTS) is 1. The highest BCUT2D eigenvalue weighted by atomic mass is 19.1. The molecule has 1 aromatic rings. The van der Waals surface area contributed by atoms with Gasteiger partial charge >= 0.3 is 5.97 Å². The van der Waals surface area contributed by atoms with Gasteiger partial charge in [0.05, 0.1) is 5.56 Å². The van der Waals surface area contributed by atoms with Gasteiger partial charge in [0, 0.05) is 30.1 Å². The zero-order valence-electron chi connectivity index (χ0n) is 10.4. The Morgan fingerprint density at radius 2 is 2.35 bits per heavy atom. The standard InChI is InChI=1S/C12H11FN4O3/c13-10-4-8(1-2-9(10)12(19)20)17-6-7(3-11(17)18)5-15-16-14/h1-2,4,7H,3,5-6H2,(H,19,20). The van der Waals surface area contributed by atoms with E-state index < -0.39 is 17.3 Å². The first kappa shape index (κ1) is 13.8. The molecule has 0 spiro atoms. The van der Waals surface area contributed by atoms with Crippen molar-refractivity contribution in [2.75, 3.05) is 18.0 Å². The fourth-order valence-corrected chi connectivity index (χ4v) is 2.15. The molecule has 8 heteroatoms. The molecule has 1 heterocycles. The van der Waals surface area contributed by atoms with E-state index in [4.69, 9.17) is 10.6 Å². The molecule has 104 valence electrons. The van der Waals surface area contributed by atoms with Crippen LogP contribution in [0.4, 0.5) is 10.1 Å². The number of halogens is 1. The predicted molar refractivity (Wildman–Crippen MR) is 67.8 cm³/mol. The van der Waals surface area contributed by atoms with Crippen LogP contribution in [0.1, 0.15) is 16.8 Å². The number of benzene rings is 1. The first-order valence-electron chi connectivity index (χ1n) is 5.87. The Bertz CT molecular complexity index is 613. The highest BCUT2D eigenvalue weighted by Crippen LogP contribution is 2.26. The summed E-state index contributed by atoms with van der Waals surface area (Å²) >= 11 is 0. The lowest BCUT2D eigenvalue weighted by atomic mass is 10.1. The predicted octanol–water partition coefficient (Wildman–Crippen LogP) is 2.19. The van der Waals surface area contributed by atoms with Crippen molar-refractivity contribution in [3.63, 3.8) is 0 Å². The number of hydrogen-bond donors (Lipinski definition) is 1. The van der Waals surface area contributed by atoms with Crippen LogP contribution in [0, 0.1) is 11.7 Å². The number of azide groups is 1. The zero-order valence-corrected chi connectivity index (χ0v) is 10.4. The van der Waals surface area contributed by atoms with Gasteiger partial charge in [-0.15, -0.1) is 0 Å². The molecule has 0 radical (unpaired) electrons. The second kappa shape index (κ2) is 5.58. The van der Waals surface area contributed by atoms with Crippen molar-refractivity contribution < 1.29 is 19.1 Å². The molecule has 1 saturated heterocycles. The van der Waals surface area contributed by atoms with Crippen molar-refractivity contribution >= 4 is 17.6 Å². The van der Waals surface area contributed by atoms with E-state index in [1.165, 1.54) is 11.0 Å². The summed E-state index contributed by atoms with van der Waals surface area (Å²) in [6.07, 6.45) is 0.224. The maximum absolute atomic E-state index is 13.6. The third-order valence-corrected chi connectivity index (χ3v) is 3.10. The second-order valence-corrected chi connectivity index (χ2v) is 4.46. The Hall–Kier alpha value is -2.60. The van der Waals surface area contributed by atoms with Gasteiger partial charge in [-0.25, -0.2) is 9.18 Å². The molecular formula is C12H11FN4O3. The van der Waals surface area contributed by atoms with Gasteiger partial charge in [-0.3, -0.25) is 4.79 Å². The molecule has 1 N–H and O–H groups in total. The summed E-state index contributed by atoms with van der Waals surface area (Å²) in [4.78, 5) is 26.6. The number of rotatable bonds is 4. The van der Waals surface area contributed by atoms with Crippen LogP contribution >= 0.6 is 0 Å². The monoisotopic (exact) mass is 278 g/mol. The average Bonchev–Trinajstić information content (AvgIpc) is 2.77. The fraction of sp³-hybridized carbons (Fsp3) is 0.333. The Balaban J connectivity index is 2.20. The van der Waals surface area contributed by atoms with Gasteiger partial charge in [-0.2, -0.15) is 0 Å². The number of amides is 1. The summed E-state index contributed by atoms with van der Waals surface area (Å²) in [5.41, 5.74) is 8.12. The molecule has 2 rings (SSSR count). The van der Waals surface area contributed by atoms with Gasteiger partial charge in [-0.1, -0.05) is 5.11 Å². The lowest BCUT2D eigenvalue weighted by Crippen LogP contribution is -2.25. The summed E-state index contributed by atoms with van der Waals surface area (Å²) in [5.74, 6) is -2.56. The molecule has 1 amide bonds. The topological polar surface area (TPSA) is 106 Å². The summed E-state index contributed by atoms with van der Waals surface area (Å²) in [6, 6.07) is 3.54. The largest absolute Gasteiger partial charge is 0.478 e. The van der Waals surface area contributed by atoms with Crippen LogP contribution in [0.5, 0.6) is 0 Å². The molecule has 0 aliphatic carbocycles. The summed E-state index contributed by atoms with van der Waals surface area (Å²) < 4.78 is 13.6. The third-order valence-electron chi connectivity index (χ3n) is 3.10. The minimum absolute atomic E-state index is 0.111. The summed E-state index contributed by atoms with van der Waals surface area (Å²) in [7, 11) is 0.